The van der Waals surface area contributed by atoms with E-state index in [1.807, 2.05) is 23.1 Å². The van der Waals surface area contributed by atoms with Crippen molar-refractivity contribution in [3.63, 3.8) is 0 Å². The van der Waals surface area contributed by atoms with Gasteiger partial charge in [-0.1, -0.05) is 36.5 Å². The Bertz CT molecular complexity index is 640. The predicted octanol–water partition coefficient (Wildman–Crippen LogP) is 2.20. The molecule has 1 saturated heterocycles. The summed E-state index contributed by atoms with van der Waals surface area (Å²) < 4.78 is 0. The molecule has 2 heterocycles. The Kier molecular flexibility index (Phi) is 3.40. The van der Waals surface area contributed by atoms with E-state index in [0.717, 1.165) is 17.1 Å². The molecule has 0 saturated carbocycles. The maximum absolute atomic E-state index is 12.3. The van der Waals surface area contributed by atoms with Crippen LogP contribution in [0.25, 0.3) is 0 Å². The zero-order chi connectivity index (χ0) is 14.1. The molecule has 1 aliphatic rings. The molecule has 5 nitrogen and oxygen atoms in total. The Balaban J connectivity index is 1.87. The van der Waals surface area contributed by atoms with Crippen LogP contribution in [0.3, 0.4) is 0 Å². The van der Waals surface area contributed by atoms with E-state index >= 15 is 0 Å². The number of nitrogens with two attached hydrogens (primary N) is 1. The fourth-order valence-electron chi connectivity index (χ4n) is 2.59. The normalized spacial score (nSPS) is 18.8. The Morgan fingerprint density at radius 3 is 2.90 bits per heavy atom. The largest absolute Gasteiger partial charge is 0.374 e. The van der Waals surface area contributed by atoms with Gasteiger partial charge in [-0.15, -0.1) is 10.2 Å². The standard InChI is InChI=1S/C14H16N4OS/c1-2-9-5-3-4-6-11(9)18-8-10(7-12(18)19)13-16-17-14(15)20-13/h3-6,10H,2,7-8H2,1H3,(H2,15,17)/t10-/m1/s1. The van der Waals surface area contributed by atoms with Crippen LogP contribution in [0.5, 0.6) is 0 Å². The average Bonchev–Trinajstić information content (AvgIpc) is 3.05. The minimum atomic E-state index is 0.0993. The van der Waals surface area contributed by atoms with Gasteiger partial charge in [0.15, 0.2) is 0 Å². The molecule has 2 N–H and O–H groups in total. The highest BCUT2D eigenvalue weighted by atomic mass is 32.1. The Labute approximate surface area is 121 Å². The molecular weight excluding hydrogens is 272 g/mol. The maximum atomic E-state index is 12.3. The fourth-order valence-corrected chi connectivity index (χ4v) is 3.29. The van der Waals surface area contributed by atoms with Crippen molar-refractivity contribution in [1.82, 2.24) is 10.2 Å². The van der Waals surface area contributed by atoms with Crippen LogP contribution in [0, 0.1) is 0 Å². The molecule has 6 heteroatoms. The van der Waals surface area contributed by atoms with Crippen LogP contribution in [0.15, 0.2) is 24.3 Å². The van der Waals surface area contributed by atoms with Crippen LogP contribution >= 0.6 is 11.3 Å². The number of hydrogen-bond donors (Lipinski definition) is 1. The lowest BCUT2D eigenvalue weighted by molar-refractivity contribution is -0.117. The number of nitrogen functional groups attached to an aromatic ring is 1. The number of carbonyl (C=O) groups excluding carboxylic acids is 1. The zero-order valence-electron chi connectivity index (χ0n) is 11.2. The van der Waals surface area contributed by atoms with Crippen molar-refractivity contribution in [2.24, 2.45) is 0 Å². The van der Waals surface area contributed by atoms with Crippen molar-refractivity contribution in [2.45, 2.75) is 25.7 Å². The summed E-state index contributed by atoms with van der Waals surface area (Å²) in [4.78, 5) is 14.1. The van der Waals surface area contributed by atoms with E-state index in [9.17, 15) is 4.79 Å². The van der Waals surface area contributed by atoms with Gasteiger partial charge in [-0.3, -0.25) is 4.79 Å². The molecule has 3 rings (SSSR count). The number of benzene rings is 1. The number of anilines is 2. The van der Waals surface area contributed by atoms with Crippen molar-refractivity contribution < 1.29 is 4.79 Å². The third-order valence-electron chi connectivity index (χ3n) is 3.59. The second-order valence-corrected chi connectivity index (χ2v) is 5.91. The van der Waals surface area contributed by atoms with Crippen LogP contribution in [0.4, 0.5) is 10.8 Å². The van der Waals surface area contributed by atoms with E-state index in [4.69, 9.17) is 5.73 Å². The number of carbonyl (C=O) groups is 1. The molecule has 20 heavy (non-hydrogen) atoms. The fraction of sp³-hybridized carbons (Fsp3) is 0.357. The van der Waals surface area contributed by atoms with Crippen LogP contribution in [-0.4, -0.2) is 22.6 Å². The highest BCUT2D eigenvalue weighted by Crippen LogP contribution is 2.34. The van der Waals surface area contributed by atoms with E-state index < -0.39 is 0 Å². The number of amides is 1. The third-order valence-corrected chi connectivity index (χ3v) is 4.51. The maximum Gasteiger partial charge on any atom is 0.227 e. The van der Waals surface area contributed by atoms with Gasteiger partial charge in [0.05, 0.1) is 0 Å². The molecule has 1 fully saturated rings. The molecule has 2 aromatic rings. The summed E-state index contributed by atoms with van der Waals surface area (Å²) in [7, 11) is 0. The van der Waals surface area contributed by atoms with Gasteiger partial charge in [0.2, 0.25) is 11.0 Å². The summed E-state index contributed by atoms with van der Waals surface area (Å²) in [5, 5.41) is 9.21. The smallest absolute Gasteiger partial charge is 0.227 e. The molecule has 1 aliphatic heterocycles. The topological polar surface area (TPSA) is 72.1 Å². The van der Waals surface area contributed by atoms with Crippen molar-refractivity contribution in [3.05, 3.63) is 34.8 Å². The van der Waals surface area contributed by atoms with Crippen LogP contribution in [0.1, 0.15) is 29.8 Å². The SMILES string of the molecule is CCc1ccccc1N1C[C@H](c2nnc(N)s2)CC1=O. The Morgan fingerprint density at radius 2 is 2.20 bits per heavy atom. The first-order valence-electron chi connectivity index (χ1n) is 6.66. The first kappa shape index (κ1) is 13.1. The van der Waals surface area contributed by atoms with Crippen molar-refractivity contribution in [2.75, 3.05) is 17.2 Å². The summed E-state index contributed by atoms with van der Waals surface area (Å²) in [6, 6.07) is 8.05. The molecule has 0 aliphatic carbocycles. The lowest BCUT2D eigenvalue weighted by Gasteiger charge is -2.19. The summed E-state index contributed by atoms with van der Waals surface area (Å²) in [6.07, 6.45) is 1.39. The second-order valence-electron chi connectivity index (χ2n) is 4.87. The van der Waals surface area contributed by atoms with Gasteiger partial charge in [-0.05, 0) is 18.1 Å². The summed E-state index contributed by atoms with van der Waals surface area (Å²) in [6.45, 7) is 2.76. The van der Waals surface area contributed by atoms with Crippen LogP contribution in [0.2, 0.25) is 0 Å². The lowest BCUT2D eigenvalue weighted by atomic mass is 10.1. The van der Waals surface area contributed by atoms with E-state index in [-0.39, 0.29) is 11.8 Å². The summed E-state index contributed by atoms with van der Waals surface area (Å²) >= 11 is 1.37. The van der Waals surface area contributed by atoms with Gasteiger partial charge < -0.3 is 10.6 Å². The molecule has 0 bridgehead atoms. The molecule has 104 valence electrons. The van der Waals surface area contributed by atoms with Gasteiger partial charge in [0.1, 0.15) is 5.01 Å². The van der Waals surface area contributed by atoms with E-state index in [0.29, 0.717) is 18.1 Å². The predicted molar refractivity (Wildman–Crippen MR) is 79.9 cm³/mol. The highest BCUT2D eigenvalue weighted by molar-refractivity contribution is 7.15. The average molecular weight is 288 g/mol. The van der Waals surface area contributed by atoms with Crippen LogP contribution < -0.4 is 10.6 Å². The minimum Gasteiger partial charge on any atom is -0.374 e. The molecule has 1 amide bonds. The number of aromatic nitrogens is 2. The Hall–Kier alpha value is -1.95. The van der Waals surface area contributed by atoms with E-state index in [1.54, 1.807) is 0 Å². The first-order chi connectivity index (χ1) is 9.69. The van der Waals surface area contributed by atoms with Crippen molar-refractivity contribution in [3.8, 4) is 0 Å². The Morgan fingerprint density at radius 1 is 1.40 bits per heavy atom. The van der Waals surface area contributed by atoms with E-state index in [2.05, 4.69) is 23.2 Å². The number of nitrogens with zero attached hydrogens (tertiary/aromatic N) is 3. The van der Waals surface area contributed by atoms with E-state index in [1.165, 1.54) is 16.9 Å². The van der Waals surface area contributed by atoms with Crippen LogP contribution in [-0.2, 0) is 11.2 Å². The molecule has 1 aromatic carbocycles. The minimum absolute atomic E-state index is 0.0993. The summed E-state index contributed by atoms with van der Waals surface area (Å²) in [5.74, 6) is 0.242. The molecular formula is C14H16N4OS. The van der Waals surface area contributed by atoms with Gasteiger partial charge in [-0.2, -0.15) is 0 Å². The number of hydrogen-bond acceptors (Lipinski definition) is 5. The third kappa shape index (κ3) is 2.27. The molecule has 0 radical (unpaired) electrons. The number of aryl methyl sites for hydroxylation is 1. The zero-order valence-corrected chi connectivity index (χ0v) is 12.1. The van der Waals surface area contributed by atoms with Gasteiger partial charge in [-0.25, -0.2) is 0 Å². The highest BCUT2D eigenvalue weighted by Gasteiger charge is 2.34. The number of para-hydroxylation sites is 1. The molecule has 1 atom stereocenters. The van der Waals surface area contributed by atoms with Gasteiger partial charge in [0.25, 0.3) is 0 Å². The lowest BCUT2D eigenvalue weighted by Crippen LogP contribution is -2.25. The monoisotopic (exact) mass is 288 g/mol. The summed E-state index contributed by atoms with van der Waals surface area (Å²) in [5.41, 5.74) is 7.83. The van der Waals surface area contributed by atoms with Gasteiger partial charge >= 0.3 is 0 Å². The second kappa shape index (κ2) is 5.20. The van der Waals surface area contributed by atoms with Crippen molar-refractivity contribution in [1.29, 1.82) is 0 Å². The van der Waals surface area contributed by atoms with Crippen molar-refractivity contribution >= 4 is 28.1 Å². The number of rotatable bonds is 3. The van der Waals surface area contributed by atoms with Gasteiger partial charge in [0, 0.05) is 24.6 Å². The quantitative estimate of drug-likeness (QED) is 0.939. The molecule has 0 unspecified atom stereocenters. The first-order valence-corrected chi connectivity index (χ1v) is 7.47. The molecule has 0 spiro atoms. The molecule has 1 aromatic heterocycles.